The van der Waals surface area contributed by atoms with Crippen molar-refractivity contribution in [1.82, 2.24) is 24.9 Å². The molecule has 4 rings (SSSR count). The Hall–Kier alpha value is -1.11. The minimum absolute atomic E-state index is 0. The fourth-order valence-electron chi connectivity index (χ4n) is 4.97. The van der Waals surface area contributed by atoms with Crippen molar-refractivity contribution in [2.75, 3.05) is 45.8 Å². The summed E-state index contributed by atoms with van der Waals surface area (Å²) in [7, 11) is 0. The Morgan fingerprint density at radius 2 is 1.89 bits per heavy atom. The van der Waals surface area contributed by atoms with E-state index in [4.69, 9.17) is 0 Å². The third kappa shape index (κ3) is 5.49. The smallest absolute Gasteiger partial charge is 0.274 e. The second-order valence-corrected chi connectivity index (χ2v) is 8.63. The van der Waals surface area contributed by atoms with Crippen LogP contribution in [-0.2, 0) is 0 Å². The minimum Gasteiger partial charge on any atom is -0.336 e. The minimum atomic E-state index is 0. The molecule has 1 N–H and O–H groups in total. The van der Waals surface area contributed by atoms with E-state index in [1.54, 1.807) is 0 Å². The number of piperidine rings is 1. The monoisotopic (exact) mass is 409 g/mol. The summed E-state index contributed by atoms with van der Waals surface area (Å²) in [5.41, 5.74) is 0.612. The Labute approximate surface area is 175 Å². The van der Waals surface area contributed by atoms with Gasteiger partial charge in [-0.25, -0.2) is 0 Å². The van der Waals surface area contributed by atoms with E-state index in [-0.39, 0.29) is 18.3 Å². The van der Waals surface area contributed by atoms with E-state index in [1.807, 2.05) is 21.8 Å². The zero-order valence-corrected chi connectivity index (χ0v) is 17.8. The Kier molecular flexibility index (Phi) is 8.18. The van der Waals surface area contributed by atoms with E-state index in [9.17, 15) is 4.79 Å². The van der Waals surface area contributed by atoms with Crippen molar-refractivity contribution in [3.63, 3.8) is 0 Å². The number of halogens is 1. The highest BCUT2D eigenvalue weighted by molar-refractivity contribution is 5.92. The Morgan fingerprint density at radius 1 is 1.04 bits per heavy atom. The third-order valence-corrected chi connectivity index (χ3v) is 6.59. The van der Waals surface area contributed by atoms with Crippen molar-refractivity contribution in [3.8, 4) is 0 Å². The predicted molar refractivity (Wildman–Crippen MR) is 114 cm³/mol. The number of amides is 1. The summed E-state index contributed by atoms with van der Waals surface area (Å²) in [6.07, 6.45) is 12.4. The van der Waals surface area contributed by atoms with Crippen molar-refractivity contribution in [2.45, 2.75) is 57.4 Å². The van der Waals surface area contributed by atoms with E-state index in [0.717, 1.165) is 58.0 Å². The number of carbonyl (C=O) groups is 1. The van der Waals surface area contributed by atoms with Gasteiger partial charge in [-0.1, -0.05) is 19.3 Å². The highest BCUT2D eigenvalue weighted by Crippen LogP contribution is 2.25. The van der Waals surface area contributed by atoms with Gasteiger partial charge >= 0.3 is 0 Å². The van der Waals surface area contributed by atoms with Crippen molar-refractivity contribution in [3.05, 3.63) is 18.0 Å². The van der Waals surface area contributed by atoms with Gasteiger partial charge in [0.05, 0.1) is 6.04 Å². The average molecular weight is 410 g/mol. The molecule has 1 saturated carbocycles. The van der Waals surface area contributed by atoms with Crippen molar-refractivity contribution in [1.29, 1.82) is 0 Å². The molecule has 0 bridgehead atoms. The number of aromatic nitrogens is 2. The quantitative estimate of drug-likeness (QED) is 0.830. The molecule has 1 aliphatic carbocycles. The van der Waals surface area contributed by atoms with Crippen LogP contribution in [0.1, 0.15) is 67.9 Å². The van der Waals surface area contributed by atoms with Crippen LogP contribution in [0.15, 0.2) is 12.3 Å². The highest BCUT2D eigenvalue weighted by Gasteiger charge is 2.25. The number of rotatable bonds is 4. The topological polar surface area (TPSA) is 53.4 Å². The lowest BCUT2D eigenvalue weighted by Crippen LogP contribution is -2.37. The van der Waals surface area contributed by atoms with Crippen LogP contribution in [0.25, 0.3) is 0 Å². The first-order chi connectivity index (χ1) is 13.3. The lowest BCUT2D eigenvalue weighted by atomic mass is 9.89. The van der Waals surface area contributed by atoms with Crippen molar-refractivity contribution in [2.24, 2.45) is 5.92 Å². The summed E-state index contributed by atoms with van der Waals surface area (Å²) < 4.78 is 1.99. The summed E-state index contributed by atoms with van der Waals surface area (Å²) in [4.78, 5) is 17.6. The molecule has 6 nitrogen and oxygen atoms in total. The van der Waals surface area contributed by atoms with Gasteiger partial charge in [-0.2, -0.15) is 5.10 Å². The van der Waals surface area contributed by atoms with Gasteiger partial charge in [0.2, 0.25) is 0 Å². The van der Waals surface area contributed by atoms with Crippen LogP contribution >= 0.6 is 12.4 Å². The van der Waals surface area contributed by atoms with Crippen LogP contribution in [0, 0.1) is 5.92 Å². The SMILES string of the molecule is Cl.O=C(c1ccn(C2CCCNC2)n1)N1CCCN(CC2CCCCC2)CC1. The van der Waals surface area contributed by atoms with Gasteiger partial charge in [0.15, 0.2) is 0 Å². The molecule has 3 fully saturated rings. The Morgan fingerprint density at radius 3 is 2.68 bits per heavy atom. The second-order valence-electron chi connectivity index (χ2n) is 8.63. The zero-order chi connectivity index (χ0) is 18.5. The normalized spacial score (nSPS) is 25.1. The summed E-state index contributed by atoms with van der Waals surface area (Å²) in [6.45, 7) is 7.11. The van der Waals surface area contributed by atoms with Gasteiger partial charge in [0.1, 0.15) is 5.69 Å². The van der Waals surface area contributed by atoms with E-state index in [2.05, 4.69) is 15.3 Å². The molecule has 0 radical (unpaired) electrons. The van der Waals surface area contributed by atoms with E-state index in [0.29, 0.717) is 11.7 Å². The molecule has 0 aromatic carbocycles. The van der Waals surface area contributed by atoms with Crippen molar-refractivity contribution >= 4 is 18.3 Å². The summed E-state index contributed by atoms with van der Waals surface area (Å²) in [5, 5.41) is 8.04. The zero-order valence-electron chi connectivity index (χ0n) is 17.0. The van der Waals surface area contributed by atoms with Crippen LogP contribution < -0.4 is 5.32 Å². The lowest BCUT2D eigenvalue weighted by molar-refractivity contribution is 0.0752. The molecule has 1 aromatic heterocycles. The number of nitrogens with zero attached hydrogens (tertiary/aromatic N) is 4. The first kappa shape index (κ1) is 21.6. The first-order valence-corrected chi connectivity index (χ1v) is 11.1. The maximum atomic E-state index is 13.0. The molecule has 1 aromatic rings. The summed E-state index contributed by atoms with van der Waals surface area (Å²) >= 11 is 0. The molecule has 0 spiro atoms. The number of hydrogen-bond donors (Lipinski definition) is 1. The molecular weight excluding hydrogens is 374 g/mol. The molecule has 158 valence electrons. The highest BCUT2D eigenvalue weighted by atomic mass is 35.5. The molecule has 2 aliphatic heterocycles. The second kappa shape index (κ2) is 10.6. The molecule has 1 atom stereocenters. The van der Waals surface area contributed by atoms with E-state index < -0.39 is 0 Å². The average Bonchev–Trinajstić information content (AvgIpc) is 3.10. The van der Waals surface area contributed by atoms with Crippen LogP contribution in [-0.4, -0.2) is 71.3 Å². The molecule has 2 saturated heterocycles. The first-order valence-electron chi connectivity index (χ1n) is 11.1. The fraction of sp³-hybridized carbons (Fsp3) is 0.810. The Bertz CT molecular complexity index is 610. The largest absolute Gasteiger partial charge is 0.336 e. The maximum absolute atomic E-state index is 13.0. The van der Waals surface area contributed by atoms with Gasteiger partial charge < -0.3 is 15.1 Å². The van der Waals surface area contributed by atoms with Crippen molar-refractivity contribution < 1.29 is 4.79 Å². The number of nitrogens with one attached hydrogen (secondary N) is 1. The van der Waals surface area contributed by atoms with E-state index in [1.165, 1.54) is 45.1 Å². The maximum Gasteiger partial charge on any atom is 0.274 e. The van der Waals surface area contributed by atoms with Gasteiger partial charge in [-0.3, -0.25) is 9.48 Å². The summed E-state index contributed by atoms with van der Waals surface area (Å²) in [6, 6.07) is 2.29. The molecule has 3 aliphatic rings. The molecular formula is C21H36ClN5O. The molecule has 28 heavy (non-hydrogen) atoms. The molecule has 1 amide bonds. The predicted octanol–water partition coefficient (Wildman–Crippen LogP) is 2.96. The molecule has 7 heteroatoms. The van der Waals surface area contributed by atoms with Crippen LogP contribution in [0.4, 0.5) is 0 Å². The fourth-order valence-corrected chi connectivity index (χ4v) is 4.97. The number of hydrogen-bond acceptors (Lipinski definition) is 4. The third-order valence-electron chi connectivity index (χ3n) is 6.59. The number of carbonyl (C=O) groups excluding carboxylic acids is 1. The molecule has 3 heterocycles. The molecule has 1 unspecified atom stereocenters. The van der Waals surface area contributed by atoms with Crippen LogP contribution in [0.2, 0.25) is 0 Å². The Balaban J connectivity index is 0.00000225. The van der Waals surface area contributed by atoms with Gasteiger partial charge in [0.25, 0.3) is 5.91 Å². The van der Waals surface area contributed by atoms with E-state index >= 15 is 0 Å². The van der Waals surface area contributed by atoms with Crippen LogP contribution in [0.5, 0.6) is 0 Å². The van der Waals surface area contributed by atoms with Crippen LogP contribution in [0.3, 0.4) is 0 Å². The van der Waals surface area contributed by atoms with Gasteiger partial charge in [0, 0.05) is 38.9 Å². The lowest BCUT2D eigenvalue weighted by Gasteiger charge is -2.28. The standard InChI is InChI=1S/C21H35N5O.ClH/c27-21(20-9-13-26(23-20)19-8-4-10-22-16-19)25-12-5-11-24(14-15-25)17-18-6-2-1-3-7-18;/h9,13,18-19,22H,1-8,10-12,14-17H2;1H. The van der Waals surface area contributed by atoms with Gasteiger partial charge in [-0.05, 0) is 57.2 Å². The summed E-state index contributed by atoms with van der Waals surface area (Å²) in [5.74, 6) is 0.984. The van der Waals surface area contributed by atoms with Gasteiger partial charge in [-0.15, -0.1) is 12.4 Å².